The van der Waals surface area contributed by atoms with Crippen LogP contribution >= 0.6 is 0 Å². The van der Waals surface area contributed by atoms with Gasteiger partial charge in [-0.2, -0.15) is 0 Å². The van der Waals surface area contributed by atoms with E-state index in [2.05, 4.69) is 10.6 Å². The zero-order valence-corrected chi connectivity index (χ0v) is 28.8. The molecule has 0 bridgehead atoms. The maximum atomic E-state index is 13.5. The molecule has 15 nitrogen and oxygen atoms in total. The van der Waals surface area contributed by atoms with E-state index in [1.807, 2.05) is 0 Å². The SMILES string of the molecule is CC(=O)OCC(C)(C)[C@@H](OC(C)=O)C(=O)NC[C@H]1O[C@@](O)(Cc2ccccc2)[C@H](NC(=O)OCc2ccccc2)[C@@H](OC(C)=O)[C@@H]1OC(C)=O. The number of amides is 2. The van der Waals surface area contributed by atoms with E-state index in [4.69, 9.17) is 28.4 Å². The summed E-state index contributed by atoms with van der Waals surface area (Å²) in [6.45, 7) is 6.69. The van der Waals surface area contributed by atoms with E-state index in [1.54, 1.807) is 74.5 Å². The van der Waals surface area contributed by atoms with Crippen LogP contribution in [0.5, 0.6) is 0 Å². The average molecular weight is 701 g/mol. The molecule has 272 valence electrons. The standard InChI is InChI=1S/C35H44N2O13/c1-21(38)46-20-34(5,6)31(49-24(4)41)32(42)36-18-27-28(47-22(2)39)29(48-23(3)40)30(35(44,50-27)17-25-13-9-7-10-14-25)37-33(43)45-19-26-15-11-8-12-16-26/h7-16,27-31,44H,17-20H2,1-6H3,(H,36,42)(H,37,43)/t27-,28-,29+,30-,31+,35+/m1/s1. The molecule has 0 aliphatic carbocycles. The van der Waals surface area contributed by atoms with Crippen molar-refractivity contribution in [1.82, 2.24) is 10.6 Å². The van der Waals surface area contributed by atoms with E-state index in [0.29, 0.717) is 11.1 Å². The number of rotatable bonds is 14. The summed E-state index contributed by atoms with van der Waals surface area (Å²) >= 11 is 0. The highest BCUT2D eigenvalue weighted by Gasteiger charge is 2.58. The monoisotopic (exact) mass is 700 g/mol. The summed E-state index contributed by atoms with van der Waals surface area (Å²) in [6.07, 6.45) is -7.18. The van der Waals surface area contributed by atoms with Crippen LogP contribution < -0.4 is 10.6 Å². The van der Waals surface area contributed by atoms with Crippen LogP contribution in [0.4, 0.5) is 4.79 Å². The Morgan fingerprint density at radius 1 is 0.800 bits per heavy atom. The lowest BCUT2D eigenvalue weighted by Crippen LogP contribution is -2.73. The van der Waals surface area contributed by atoms with Gasteiger partial charge in [0.1, 0.15) is 25.4 Å². The minimum atomic E-state index is -2.34. The van der Waals surface area contributed by atoms with Gasteiger partial charge < -0.3 is 44.2 Å². The maximum absolute atomic E-state index is 13.5. The van der Waals surface area contributed by atoms with Crippen molar-refractivity contribution < 1.29 is 62.3 Å². The Bertz CT molecular complexity index is 1500. The number of carbonyl (C=O) groups is 6. The van der Waals surface area contributed by atoms with Crippen LogP contribution in [0.2, 0.25) is 0 Å². The number of hydrogen-bond acceptors (Lipinski definition) is 13. The molecule has 1 fully saturated rings. The van der Waals surface area contributed by atoms with E-state index >= 15 is 0 Å². The van der Waals surface area contributed by atoms with Gasteiger partial charge in [-0.05, 0) is 11.1 Å². The first-order chi connectivity index (χ1) is 23.5. The van der Waals surface area contributed by atoms with Crippen LogP contribution in [0.3, 0.4) is 0 Å². The molecule has 50 heavy (non-hydrogen) atoms. The zero-order valence-electron chi connectivity index (χ0n) is 28.8. The van der Waals surface area contributed by atoms with Crippen molar-refractivity contribution in [2.45, 2.75) is 90.8 Å². The molecule has 0 unspecified atom stereocenters. The first kappa shape index (κ1) is 39.4. The van der Waals surface area contributed by atoms with Crippen LogP contribution in [0.1, 0.15) is 52.7 Å². The van der Waals surface area contributed by atoms with Gasteiger partial charge in [0.25, 0.3) is 5.91 Å². The van der Waals surface area contributed by atoms with Gasteiger partial charge in [0, 0.05) is 46.1 Å². The fourth-order valence-corrected chi connectivity index (χ4v) is 5.40. The lowest BCUT2D eigenvalue weighted by Gasteiger charge is -2.50. The van der Waals surface area contributed by atoms with E-state index < -0.39 is 84.1 Å². The molecule has 3 N–H and O–H groups in total. The predicted octanol–water partition coefficient (Wildman–Crippen LogP) is 2.11. The van der Waals surface area contributed by atoms with E-state index in [9.17, 15) is 33.9 Å². The van der Waals surface area contributed by atoms with Crippen molar-refractivity contribution in [3.8, 4) is 0 Å². The molecular weight excluding hydrogens is 656 g/mol. The Kier molecular flexibility index (Phi) is 13.9. The minimum absolute atomic E-state index is 0.130. The van der Waals surface area contributed by atoms with E-state index in [0.717, 1.165) is 20.8 Å². The second kappa shape index (κ2) is 17.6. The molecular formula is C35H44N2O13. The second-order valence-corrected chi connectivity index (χ2v) is 12.5. The van der Waals surface area contributed by atoms with Gasteiger partial charge in [0.05, 0.1) is 0 Å². The van der Waals surface area contributed by atoms with Crippen molar-refractivity contribution in [1.29, 1.82) is 0 Å². The number of carbonyl (C=O) groups excluding carboxylic acids is 6. The highest BCUT2D eigenvalue weighted by atomic mass is 16.7. The van der Waals surface area contributed by atoms with Gasteiger partial charge in [0.2, 0.25) is 0 Å². The molecule has 1 heterocycles. The summed E-state index contributed by atoms with van der Waals surface area (Å²) in [7, 11) is 0. The quantitative estimate of drug-likeness (QED) is 0.191. The molecule has 3 rings (SSSR count). The van der Waals surface area contributed by atoms with Crippen LogP contribution in [-0.2, 0) is 65.4 Å². The third kappa shape index (κ3) is 11.6. The Morgan fingerprint density at radius 2 is 1.36 bits per heavy atom. The van der Waals surface area contributed by atoms with Crippen LogP contribution in [0, 0.1) is 5.41 Å². The number of alkyl carbamates (subject to hydrolysis) is 1. The fraction of sp³-hybridized carbons (Fsp3) is 0.486. The maximum Gasteiger partial charge on any atom is 0.408 e. The smallest absolute Gasteiger partial charge is 0.408 e. The molecule has 6 atom stereocenters. The number of hydrogen-bond donors (Lipinski definition) is 3. The van der Waals surface area contributed by atoms with Crippen molar-refractivity contribution in [3.63, 3.8) is 0 Å². The average Bonchev–Trinajstić information content (AvgIpc) is 3.04. The van der Waals surface area contributed by atoms with Crippen molar-refractivity contribution >= 4 is 35.9 Å². The first-order valence-corrected chi connectivity index (χ1v) is 15.8. The first-order valence-electron chi connectivity index (χ1n) is 15.8. The number of benzene rings is 2. The van der Waals surface area contributed by atoms with Gasteiger partial charge in [-0.15, -0.1) is 0 Å². The highest BCUT2D eigenvalue weighted by molar-refractivity contribution is 5.84. The molecule has 2 aromatic rings. The number of esters is 4. The molecule has 2 amide bonds. The summed E-state index contributed by atoms with van der Waals surface area (Å²) in [6, 6.07) is 15.8. The number of ether oxygens (including phenoxy) is 6. The van der Waals surface area contributed by atoms with Gasteiger partial charge >= 0.3 is 30.0 Å². The fourth-order valence-electron chi connectivity index (χ4n) is 5.40. The van der Waals surface area contributed by atoms with Gasteiger partial charge in [-0.1, -0.05) is 74.5 Å². The van der Waals surface area contributed by atoms with Gasteiger partial charge in [0.15, 0.2) is 24.1 Å². The third-order valence-electron chi connectivity index (χ3n) is 7.61. The molecule has 0 saturated carbocycles. The minimum Gasteiger partial charge on any atom is -0.465 e. The molecule has 1 saturated heterocycles. The zero-order chi connectivity index (χ0) is 37.1. The lowest BCUT2D eigenvalue weighted by molar-refractivity contribution is -0.314. The second-order valence-electron chi connectivity index (χ2n) is 12.5. The third-order valence-corrected chi connectivity index (χ3v) is 7.61. The van der Waals surface area contributed by atoms with E-state index in [-0.39, 0.29) is 19.6 Å². The van der Waals surface area contributed by atoms with Crippen molar-refractivity contribution in [2.75, 3.05) is 13.2 Å². The van der Waals surface area contributed by atoms with Crippen molar-refractivity contribution in [2.24, 2.45) is 5.41 Å². The highest BCUT2D eigenvalue weighted by Crippen LogP contribution is 2.35. The normalized spacial score (nSPS) is 22.2. The molecule has 15 heteroatoms. The lowest BCUT2D eigenvalue weighted by atomic mass is 9.85. The molecule has 0 radical (unpaired) electrons. The summed E-state index contributed by atoms with van der Waals surface area (Å²) in [4.78, 5) is 75.0. The Morgan fingerprint density at radius 3 is 1.90 bits per heavy atom. The van der Waals surface area contributed by atoms with Crippen LogP contribution in [0.25, 0.3) is 0 Å². The summed E-state index contributed by atoms with van der Waals surface area (Å²) < 4.78 is 33.1. The topological polar surface area (TPSA) is 202 Å². The largest absolute Gasteiger partial charge is 0.465 e. The van der Waals surface area contributed by atoms with Crippen LogP contribution in [0.15, 0.2) is 60.7 Å². The van der Waals surface area contributed by atoms with Gasteiger partial charge in [-0.25, -0.2) is 4.79 Å². The summed E-state index contributed by atoms with van der Waals surface area (Å²) in [5, 5.41) is 17.3. The molecule has 1 aliphatic rings. The summed E-state index contributed by atoms with van der Waals surface area (Å²) in [5.74, 6) is -6.24. The molecule has 1 aliphatic heterocycles. The Balaban J connectivity index is 1.99. The Labute approximate surface area is 289 Å². The number of nitrogens with one attached hydrogen (secondary N) is 2. The van der Waals surface area contributed by atoms with Crippen LogP contribution in [-0.4, -0.2) is 90.4 Å². The summed E-state index contributed by atoms with van der Waals surface area (Å²) in [5.41, 5.74) is 0.0281. The molecule has 2 aromatic carbocycles. The van der Waals surface area contributed by atoms with Gasteiger partial charge in [-0.3, -0.25) is 24.0 Å². The predicted molar refractivity (Wildman–Crippen MR) is 174 cm³/mol. The van der Waals surface area contributed by atoms with Crippen molar-refractivity contribution in [3.05, 3.63) is 71.8 Å². The molecule has 0 aromatic heterocycles. The Hall–Kier alpha value is -5.02. The number of aliphatic hydroxyl groups is 1. The van der Waals surface area contributed by atoms with E-state index in [1.165, 1.54) is 6.92 Å². The molecule has 0 spiro atoms.